The lowest BCUT2D eigenvalue weighted by Crippen LogP contribution is -1.83. The fourth-order valence-electron chi connectivity index (χ4n) is 1.19. The van der Waals surface area contributed by atoms with Gasteiger partial charge in [0.25, 0.3) is 0 Å². The number of benzene rings is 1. The lowest BCUT2D eigenvalue weighted by atomic mass is 10.2. The van der Waals surface area contributed by atoms with Gasteiger partial charge in [-0.1, -0.05) is 15.9 Å². The van der Waals surface area contributed by atoms with Crippen molar-refractivity contribution < 1.29 is 0 Å². The molecular formula is C9H5BrN2S. The van der Waals surface area contributed by atoms with Crippen LogP contribution < -0.4 is 5.73 Å². The molecule has 0 atom stereocenters. The van der Waals surface area contributed by atoms with Crippen molar-refractivity contribution in [2.45, 2.75) is 0 Å². The molecule has 64 valence electrons. The van der Waals surface area contributed by atoms with Gasteiger partial charge in [-0.25, -0.2) is 0 Å². The molecule has 2 N–H and O–H groups in total. The Labute approximate surface area is 87.7 Å². The van der Waals surface area contributed by atoms with E-state index < -0.39 is 0 Å². The number of hydrogen-bond donors (Lipinski definition) is 1. The molecule has 4 heteroatoms. The molecule has 2 nitrogen and oxygen atoms in total. The summed E-state index contributed by atoms with van der Waals surface area (Å²) in [6, 6.07) is 7.74. The van der Waals surface area contributed by atoms with E-state index in [2.05, 4.69) is 22.0 Å². The summed E-state index contributed by atoms with van der Waals surface area (Å²) in [5, 5.41) is 9.67. The maximum absolute atomic E-state index is 8.71. The molecule has 1 heterocycles. The topological polar surface area (TPSA) is 49.8 Å². The van der Waals surface area contributed by atoms with Crippen LogP contribution in [0.2, 0.25) is 0 Å². The summed E-state index contributed by atoms with van der Waals surface area (Å²) >= 11 is 4.81. The van der Waals surface area contributed by atoms with Crippen LogP contribution >= 0.6 is 27.3 Å². The van der Waals surface area contributed by atoms with Gasteiger partial charge in [-0.2, -0.15) is 5.26 Å². The highest BCUT2D eigenvalue weighted by Gasteiger charge is 2.04. The van der Waals surface area contributed by atoms with Gasteiger partial charge >= 0.3 is 0 Å². The number of halogens is 1. The van der Waals surface area contributed by atoms with E-state index in [-0.39, 0.29) is 0 Å². The molecule has 0 aliphatic carbocycles. The van der Waals surface area contributed by atoms with Gasteiger partial charge in [0.1, 0.15) is 10.9 Å². The Morgan fingerprint density at radius 2 is 2.15 bits per heavy atom. The highest BCUT2D eigenvalue weighted by atomic mass is 79.9. The van der Waals surface area contributed by atoms with Gasteiger partial charge in [-0.15, -0.1) is 11.3 Å². The number of rotatable bonds is 0. The van der Waals surface area contributed by atoms with Gasteiger partial charge in [-0.05, 0) is 18.2 Å². The first-order chi connectivity index (χ1) is 6.20. The Kier molecular flexibility index (Phi) is 1.98. The molecule has 0 saturated carbocycles. The molecule has 1 aromatic heterocycles. The predicted octanol–water partition coefficient (Wildman–Crippen LogP) is 3.12. The summed E-state index contributed by atoms with van der Waals surface area (Å²) < 4.78 is 1.99. The van der Waals surface area contributed by atoms with Crippen molar-refractivity contribution in [3.8, 4) is 6.07 Å². The van der Waals surface area contributed by atoms with E-state index in [9.17, 15) is 0 Å². The van der Waals surface area contributed by atoms with Crippen LogP contribution in [0.5, 0.6) is 0 Å². The van der Waals surface area contributed by atoms with Gasteiger partial charge in [0.2, 0.25) is 0 Å². The SMILES string of the molecule is N#Cc1cc2c(N)cc(Br)cc2s1. The maximum Gasteiger partial charge on any atom is 0.110 e. The van der Waals surface area contributed by atoms with Crippen molar-refractivity contribution in [3.63, 3.8) is 0 Å². The fourth-order valence-corrected chi connectivity index (χ4v) is 2.75. The zero-order valence-corrected chi connectivity index (χ0v) is 8.95. The summed E-state index contributed by atoms with van der Waals surface area (Å²) in [4.78, 5) is 0.694. The highest BCUT2D eigenvalue weighted by molar-refractivity contribution is 9.10. The van der Waals surface area contributed by atoms with E-state index >= 15 is 0 Å². The van der Waals surface area contributed by atoms with Crippen LogP contribution in [-0.2, 0) is 0 Å². The molecule has 2 rings (SSSR count). The molecular weight excluding hydrogens is 248 g/mol. The second-order valence-electron chi connectivity index (χ2n) is 2.63. The van der Waals surface area contributed by atoms with Crippen molar-refractivity contribution in [2.24, 2.45) is 0 Å². The number of fused-ring (bicyclic) bond motifs is 1. The lowest BCUT2D eigenvalue weighted by Gasteiger charge is -1.96. The third-order valence-electron chi connectivity index (χ3n) is 1.74. The predicted molar refractivity (Wildman–Crippen MR) is 58.7 cm³/mol. The van der Waals surface area contributed by atoms with Crippen molar-refractivity contribution in [1.29, 1.82) is 5.26 Å². The average Bonchev–Trinajstić information content (AvgIpc) is 2.47. The second kappa shape index (κ2) is 3.02. The minimum Gasteiger partial charge on any atom is -0.398 e. The zero-order chi connectivity index (χ0) is 9.42. The van der Waals surface area contributed by atoms with Gasteiger partial charge in [0.15, 0.2) is 0 Å². The van der Waals surface area contributed by atoms with Gasteiger partial charge < -0.3 is 5.73 Å². The molecule has 0 fully saturated rings. The van der Waals surface area contributed by atoms with Crippen LogP contribution in [0.3, 0.4) is 0 Å². The third kappa shape index (κ3) is 1.41. The lowest BCUT2D eigenvalue weighted by molar-refractivity contribution is 1.52. The van der Waals surface area contributed by atoms with Crippen LogP contribution in [0.1, 0.15) is 4.88 Å². The minimum atomic E-state index is 0.694. The Hall–Kier alpha value is -1.05. The van der Waals surface area contributed by atoms with Crippen molar-refractivity contribution in [1.82, 2.24) is 0 Å². The number of nitrogens with two attached hydrogens (primary N) is 1. The molecule has 0 aliphatic heterocycles. The molecule has 13 heavy (non-hydrogen) atoms. The van der Waals surface area contributed by atoms with Crippen molar-refractivity contribution in [3.05, 3.63) is 27.5 Å². The third-order valence-corrected chi connectivity index (χ3v) is 3.19. The number of thiophene rings is 1. The normalized spacial score (nSPS) is 10.2. The van der Waals surface area contributed by atoms with Gasteiger partial charge in [0, 0.05) is 20.2 Å². The quantitative estimate of drug-likeness (QED) is 0.733. The summed E-state index contributed by atoms with van der Waals surface area (Å²) in [7, 11) is 0. The largest absolute Gasteiger partial charge is 0.398 e. The zero-order valence-electron chi connectivity index (χ0n) is 6.54. The van der Waals surface area contributed by atoms with Crippen LogP contribution in [0.15, 0.2) is 22.7 Å². The van der Waals surface area contributed by atoms with Crippen LogP contribution in [0.25, 0.3) is 10.1 Å². The summed E-state index contributed by atoms with van der Waals surface area (Å²) in [6.45, 7) is 0. The van der Waals surface area contributed by atoms with Crippen LogP contribution in [0.4, 0.5) is 5.69 Å². The molecule has 0 bridgehead atoms. The van der Waals surface area contributed by atoms with Crippen molar-refractivity contribution in [2.75, 3.05) is 5.73 Å². The number of anilines is 1. The standard InChI is InChI=1S/C9H5BrN2S/c10-5-1-8(12)7-3-6(4-11)13-9(7)2-5/h1-3H,12H2. The van der Waals surface area contributed by atoms with Crippen LogP contribution in [0, 0.1) is 11.3 Å². The molecule has 0 unspecified atom stereocenters. The average molecular weight is 253 g/mol. The number of hydrogen-bond acceptors (Lipinski definition) is 3. The smallest absolute Gasteiger partial charge is 0.110 e. The monoisotopic (exact) mass is 252 g/mol. The molecule has 0 spiro atoms. The number of nitrogen functional groups attached to an aromatic ring is 1. The Bertz CT molecular complexity index is 510. The maximum atomic E-state index is 8.71. The Balaban J connectivity index is 2.84. The van der Waals surface area contributed by atoms with Gasteiger partial charge in [-0.3, -0.25) is 0 Å². The molecule has 0 saturated heterocycles. The first-order valence-corrected chi connectivity index (χ1v) is 5.20. The minimum absolute atomic E-state index is 0.694. The van der Waals surface area contributed by atoms with E-state index in [0.29, 0.717) is 10.6 Å². The fraction of sp³-hybridized carbons (Fsp3) is 0. The molecule has 0 aliphatic rings. The molecule has 1 aromatic carbocycles. The summed E-state index contributed by atoms with van der Waals surface area (Å²) in [5.74, 6) is 0. The number of nitrogens with zero attached hydrogens (tertiary/aromatic N) is 1. The van der Waals surface area contributed by atoms with E-state index in [1.54, 1.807) is 0 Å². The van der Waals surface area contributed by atoms with Crippen molar-refractivity contribution >= 4 is 43.0 Å². The molecule has 0 radical (unpaired) electrons. The Morgan fingerprint density at radius 3 is 2.85 bits per heavy atom. The van der Waals surface area contributed by atoms with Crippen LogP contribution in [-0.4, -0.2) is 0 Å². The van der Waals surface area contributed by atoms with Gasteiger partial charge in [0.05, 0.1) is 0 Å². The summed E-state index contributed by atoms with van der Waals surface area (Å²) in [6.07, 6.45) is 0. The van der Waals surface area contributed by atoms with E-state index in [1.165, 1.54) is 11.3 Å². The second-order valence-corrected chi connectivity index (χ2v) is 4.63. The number of nitriles is 1. The highest BCUT2D eigenvalue weighted by Crippen LogP contribution is 2.32. The van der Waals surface area contributed by atoms with E-state index in [0.717, 1.165) is 14.6 Å². The van der Waals surface area contributed by atoms with E-state index in [4.69, 9.17) is 11.0 Å². The Morgan fingerprint density at radius 1 is 1.38 bits per heavy atom. The molecule has 0 amide bonds. The first kappa shape index (κ1) is 8.54. The van der Waals surface area contributed by atoms with E-state index in [1.807, 2.05) is 18.2 Å². The first-order valence-electron chi connectivity index (χ1n) is 3.59. The molecule has 2 aromatic rings. The summed E-state index contributed by atoms with van der Waals surface area (Å²) in [5.41, 5.74) is 6.50.